The molecular weight excluding hydrogens is 200 g/mol. The zero-order chi connectivity index (χ0) is 11.4. The Balaban J connectivity index is 2.12. The third-order valence-corrected chi connectivity index (χ3v) is 2.83. The second kappa shape index (κ2) is 4.99. The smallest absolute Gasteiger partial charge is 0.101 e. The Morgan fingerprint density at radius 1 is 1.19 bits per heavy atom. The summed E-state index contributed by atoms with van der Waals surface area (Å²) in [6.07, 6.45) is 5.14. The van der Waals surface area contributed by atoms with Crippen molar-refractivity contribution >= 4 is 0 Å². The molecule has 1 aliphatic rings. The molecule has 2 rings (SSSR count). The topological polar surface area (TPSA) is 29.5 Å². The average Bonchev–Trinajstić information content (AvgIpc) is 2.39. The highest BCUT2D eigenvalue weighted by molar-refractivity contribution is 5.30. The molecule has 0 radical (unpaired) electrons. The van der Waals surface area contributed by atoms with Crippen LogP contribution in [0.4, 0.5) is 0 Å². The number of hydrogen-bond acceptors (Lipinski definition) is 2. The summed E-state index contributed by atoms with van der Waals surface area (Å²) in [4.78, 5) is 0. The molecule has 0 bridgehead atoms. The van der Waals surface area contributed by atoms with Crippen molar-refractivity contribution in [1.82, 2.24) is 0 Å². The van der Waals surface area contributed by atoms with Gasteiger partial charge in [-0.1, -0.05) is 36.4 Å². The summed E-state index contributed by atoms with van der Waals surface area (Å²) in [6, 6.07) is 9.71. The molecule has 2 heteroatoms. The second-order valence-corrected chi connectivity index (χ2v) is 3.88. The lowest BCUT2D eigenvalue weighted by atomic mass is 9.94. The van der Waals surface area contributed by atoms with Crippen LogP contribution in [0.2, 0.25) is 0 Å². The summed E-state index contributed by atoms with van der Waals surface area (Å²) in [7, 11) is 1.67. The number of ether oxygens (including phenoxy) is 1. The van der Waals surface area contributed by atoms with Crippen molar-refractivity contribution in [3.05, 3.63) is 59.4 Å². The Hall–Kier alpha value is -1.54. The molecule has 0 heterocycles. The van der Waals surface area contributed by atoms with Crippen LogP contribution in [0.1, 0.15) is 24.5 Å². The molecule has 1 aliphatic carbocycles. The molecule has 0 saturated carbocycles. The minimum atomic E-state index is -0.514. The van der Waals surface area contributed by atoms with E-state index in [0.29, 0.717) is 6.42 Å². The highest BCUT2D eigenvalue weighted by Gasteiger charge is 2.16. The van der Waals surface area contributed by atoms with E-state index in [0.717, 1.165) is 23.3 Å². The highest BCUT2D eigenvalue weighted by Crippen LogP contribution is 2.29. The normalized spacial score (nSPS) is 17.4. The Kier molecular flexibility index (Phi) is 3.42. The van der Waals surface area contributed by atoms with Crippen LogP contribution >= 0.6 is 0 Å². The SMILES string of the molecule is COC1=CCC=C(C(O)c2ccccc2)C1. The summed E-state index contributed by atoms with van der Waals surface area (Å²) in [5.74, 6) is 0.937. The number of aliphatic hydroxyl groups excluding tert-OH is 1. The van der Waals surface area contributed by atoms with Gasteiger partial charge in [0.15, 0.2) is 0 Å². The molecule has 1 aromatic rings. The first-order valence-electron chi connectivity index (χ1n) is 5.46. The first-order valence-corrected chi connectivity index (χ1v) is 5.46. The molecule has 1 unspecified atom stereocenters. The van der Waals surface area contributed by atoms with Crippen LogP contribution in [-0.2, 0) is 4.74 Å². The molecule has 0 aliphatic heterocycles. The van der Waals surface area contributed by atoms with Gasteiger partial charge in [0.25, 0.3) is 0 Å². The first kappa shape index (κ1) is 11.0. The molecule has 1 atom stereocenters. The maximum atomic E-state index is 10.2. The number of hydrogen-bond donors (Lipinski definition) is 1. The van der Waals surface area contributed by atoms with E-state index in [9.17, 15) is 5.11 Å². The van der Waals surface area contributed by atoms with Crippen molar-refractivity contribution in [2.24, 2.45) is 0 Å². The number of allylic oxidation sites excluding steroid dienone is 3. The summed E-state index contributed by atoms with van der Waals surface area (Å²) >= 11 is 0. The van der Waals surface area contributed by atoms with E-state index >= 15 is 0 Å². The molecule has 0 amide bonds. The number of rotatable bonds is 3. The fourth-order valence-corrected chi connectivity index (χ4v) is 1.90. The van der Waals surface area contributed by atoms with Gasteiger partial charge in [0.1, 0.15) is 6.10 Å². The first-order chi connectivity index (χ1) is 7.81. The monoisotopic (exact) mass is 216 g/mol. The van der Waals surface area contributed by atoms with Crippen LogP contribution in [0.3, 0.4) is 0 Å². The van der Waals surface area contributed by atoms with Crippen molar-refractivity contribution in [2.45, 2.75) is 18.9 Å². The molecular formula is C14H16O2. The number of methoxy groups -OCH3 is 1. The van der Waals surface area contributed by atoms with E-state index in [1.165, 1.54) is 0 Å². The fraction of sp³-hybridized carbons (Fsp3) is 0.286. The molecule has 1 N–H and O–H groups in total. The Morgan fingerprint density at radius 2 is 1.94 bits per heavy atom. The Labute approximate surface area is 95.9 Å². The van der Waals surface area contributed by atoms with Crippen LogP contribution in [-0.4, -0.2) is 12.2 Å². The maximum absolute atomic E-state index is 10.2. The lowest BCUT2D eigenvalue weighted by Crippen LogP contribution is -2.06. The summed E-state index contributed by atoms with van der Waals surface area (Å²) in [5.41, 5.74) is 1.96. The van der Waals surface area contributed by atoms with Crippen LogP contribution < -0.4 is 0 Å². The molecule has 1 aromatic carbocycles. The summed E-state index contributed by atoms with van der Waals surface area (Å²) in [5, 5.41) is 10.2. The summed E-state index contributed by atoms with van der Waals surface area (Å²) < 4.78 is 5.22. The molecule has 0 saturated heterocycles. The van der Waals surface area contributed by atoms with Crippen LogP contribution in [0, 0.1) is 0 Å². The minimum absolute atomic E-state index is 0.514. The summed E-state index contributed by atoms with van der Waals surface area (Å²) in [6.45, 7) is 0. The van der Waals surface area contributed by atoms with Crippen molar-refractivity contribution < 1.29 is 9.84 Å². The Bertz CT molecular complexity index is 404. The van der Waals surface area contributed by atoms with Gasteiger partial charge < -0.3 is 9.84 Å². The van der Waals surface area contributed by atoms with Crippen LogP contribution in [0.25, 0.3) is 0 Å². The largest absolute Gasteiger partial charge is 0.501 e. The predicted molar refractivity (Wildman–Crippen MR) is 63.8 cm³/mol. The molecule has 2 nitrogen and oxygen atoms in total. The van der Waals surface area contributed by atoms with E-state index in [-0.39, 0.29) is 0 Å². The van der Waals surface area contributed by atoms with Crippen LogP contribution in [0.5, 0.6) is 0 Å². The van der Waals surface area contributed by atoms with Gasteiger partial charge in [-0.15, -0.1) is 0 Å². The zero-order valence-electron chi connectivity index (χ0n) is 9.39. The van der Waals surface area contributed by atoms with Crippen molar-refractivity contribution in [3.63, 3.8) is 0 Å². The van der Waals surface area contributed by atoms with E-state index in [1.54, 1.807) is 7.11 Å². The molecule has 84 valence electrons. The highest BCUT2D eigenvalue weighted by atomic mass is 16.5. The average molecular weight is 216 g/mol. The third kappa shape index (κ3) is 2.34. The fourth-order valence-electron chi connectivity index (χ4n) is 1.90. The van der Waals surface area contributed by atoms with Crippen molar-refractivity contribution in [3.8, 4) is 0 Å². The maximum Gasteiger partial charge on any atom is 0.101 e. The van der Waals surface area contributed by atoms with Crippen LogP contribution in [0.15, 0.2) is 53.8 Å². The standard InChI is InChI=1S/C14H16O2/c1-16-13-9-5-8-12(10-13)14(15)11-6-3-2-4-7-11/h2-4,6-9,14-15H,5,10H2,1H3. The zero-order valence-corrected chi connectivity index (χ0v) is 9.39. The molecule has 0 spiro atoms. The van der Waals surface area contributed by atoms with E-state index in [1.807, 2.05) is 36.4 Å². The van der Waals surface area contributed by atoms with Gasteiger partial charge in [0, 0.05) is 6.42 Å². The lowest BCUT2D eigenvalue weighted by Gasteiger charge is -2.19. The van der Waals surface area contributed by atoms with Gasteiger partial charge in [-0.2, -0.15) is 0 Å². The van der Waals surface area contributed by atoms with E-state index < -0.39 is 6.10 Å². The van der Waals surface area contributed by atoms with Gasteiger partial charge in [-0.05, 0) is 23.6 Å². The van der Waals surface area contributed by atoms with Gasteiger partial charge in [-0.3, -0.25) is 0 Å². The number of aliphatic hydroxyl groups is 1. The van der Waals surface area contributed by atoms with E-state index in [2.05, 4.69) is 6.08 Å². The lowest BCUT2D eigenvalue weighted by molar-refractivity contribution is 0.202. The van der Waals surface area contributed by atoms with Gasteiger partial charge in [0.05, 0.1) is 12.9 Å². The van der Waals surface area contributed by atoms with Gasteiger partial charge >= 0.3 is 0 Å². The predicted octanol–water partition coefficient (Wildman–Crippen LogP) is 2.97. The van der Waals surface area contributed by atoms with E-state index in [4.69, 9.17) is 4.74 Å². The molecule has 0 aromatic heterocycles. The molecule has 0 fully saturated rings. The minimum Gasteiger partial charge on any atom is -0.501 e. The third-order valence-electron chi connectivity index (χ3n) is 2.83. The quantitative estimate of drug-likeness (QED) is 0.787. The molecule has 16 heavy (non-hydrogen) atoms. The van der Waals surface area contributed by atoms with Crippen molar-refractivity contribution in [2.75, 3.05) is 7.11 Å². The number of benzene rings is 1. The van der Waals surface area contributed by atoms with Gasteiger partial charge in [0.2, 0.25) is 0 Å². The second-order valence-electron chi connectivity index (χ2n) is 3.88. The Morgan fingerprint density at radius 3 is 2.62 bits per heavy atom. The van der Waals surface area contributed by atoms with Crippen molar-refractivity contribution in [1.29, 1.82) is 0 Å². The van der Waals surface area contributed by atoms with Gasteiger partial charge in [-0.25, -0.2) is 0 Å².